The van der Waals surface area contributed by atoms with Crippen LogP contribution in [0.4, 0.5) is 11.5 Å². The fraction of sp³-hybridized carbons (Fsp3) is 0.292. The Balaban J connectivity index is 1.58. The number of aryl methyl sites for hydroxylation is 3. The summed E-state index contributed by atoms with van der Waals surface area (Å²) in [5.74, 6) is 0.319. The summed E-state index contributed by atoms with van der Waals surface area (Å²) in [6.45, 7) is 6.32. The van der Waals surface area contributed by atoms with Crippen molar-refractivity contribution in [2.75, 3.05) is 30.8 Å². The van der Waals surface area contributed by atoms with Gasteiger partial charge in [0.15, 0.2) is 13.1 Å². The smallest absolute Gasteiger partial charge is 0.280 e. The van der Waals surface area contributed by atoms with E-state index >= 15 is 0 Å². The Morgan fingerprint density at radius 2 is 1.61 bits per heavy atom. The van der Waals surface area contributed by atoms with Gasteiger partial charge in [-0.3, -0.25) is 9.59 Å². The molecule has 0 radical (unpaired) electrons. The minimum absolute atomic E-state index is 0.119. The van der Waals surface area contributed by atoms with E-state index in [-0.39, 0.29) is 24.9 Å². The van der Waals surface area contributed by atoms with Crippen LogP contribution in [-0.4, -0.2) is 41.7 Å². The number of nitrogens with one attached hydrogen (secondary N) is 3. The molecule has 3 aromatic rings. The molecule has 0 bridgehead atoms. The number of carbonyl (C=O) groups is 2. The van der Waals surface area contributed by atoms with Crippen molar-refractivity contribution in [3.05, 3.63) is 71.4 Å². The molecule has 1 unspecified atom stereocenters. The van der Waals surface area contributed by atoms with E-state index in [0.29, 0.717) is 5.82 Å². The predicted molar refractivity (Wildman–Crippen MR) is 123 cm³/mol. The van der Waals surface area contributed by atoms with Gasteiger partial charge in [0.05, 0.1) is 18.4 Å². The number of amides is 2. The molecule has 162 valence electrons. The van der Waals surface area contributed by atoms with Gasteiger partial charge < -0.3 is 15.5 Å². The summed E-state index contributed by atoms with van der Waals surface area (Å²) >= 11 is 0. The van der Waals surface area contributed by atoms with Crippen LogP contribution in [0.15, 0.2) is 54.6 Å². The number of benzene rings is 2. The van der Waals surface area contributed by atoms with Crippen molar-refractivity contribution in [3.8, 4) is 5.69 Å². The molecule has 0 aliphatic carbocycles. The molecule has 0 spiro atoms. The molecule has 0 saturated carbocycles. The van der Waals surface area contributed by atoms with Crippen LogP contribution in [0.5, 0.6) is 0 Å². The highest BCUT2D eigenvalue weighted by Crippen LogP contribution is 2.17. The number of rotatable bonds is 8. The van der Waals surface area contributed by atoms with E-state index in [1.54, 1.807) is 4.68 Å². The molecule has 0 fully saturated rings. The maximum atomic E-state index is 12.6. The molecule has 0 aliphatic rings. The monoisotopic (exact) mass is 420 g/mol. The number of aromatic nitrogens is 2. The van der Waals surface area contributed by atoms with Crippen LogP contribution < -0.4 is 15.5 Å². The molecular weight excluding hydrogens is 390 g/mol. The summed E-state index contributed by atoms with van der Waals surface area (Å²) in [5.41, 5.74) is 4.76. The number of anilines is 2. The summed E-state index contributed by atoms with van der Waals surface area (Å²) in [6, 6.07) is 17.5. The van der Waals surface area contributed by atoms with E-state index in [1.165, 1.54) is 0 Å². The first-order chi connectivity index (χ1) is 14.9. The van der Waals surface area contributed by atoms with Gasteiger partial charge in [0.2, 0.25) is 0 Å². The fourth-order valence-electron chi connectivity index (χ4n) is 3.41. The fourth-order valence-corrected chi connectivity index (χ4v) is 3.41. The molecule has 31 heavy (non-hydrogen) atoms. The van der Waals surface area contributed by atoms with Gasteiger partial charge in [-0.25, -0.2) is 4.68 Å². The quantitative estimate of drug-likeness (QED) is 0.522. The van der Waals surface area contributed by atoms with Crippen molar-refractivity contribution in [2.24, 2.45) is 0 Å². The minimum atomic E-state index is -0.174. The molecule has 7 heteroatoms. The lowest BCUT2D eigenvalue weighted by Gasteiger charge is -2.15. The lowest BCUT2D eigenvalue weighted by atomic mass is 10.1. The van der Waals surface area contributed by atoms with Crippen molar-refractivity contribution in [1.82, 2.24) is 9.78 Å². The van der Waals surface area contributed by atoms with Crippen LogP contribution in [0, 0.1) is 13.8 Å². The van der Waals surface area contributed by atoms with Crippen molar-refractivity contribution >= 4 is 23.3 Å². The van der Waals surface area contributed by atoms with E-state index in [1.807, 2.05) is 75.5 Å². The number of hydrogen-bond acceptors (Lipinski definition) is 3. The summed E-state index contributed by atoms with van der Waals surface area (Å²) < 4.78 is 1.72. The molecule has 0 saturated heterocycles. The maximum Gasteiger partial charge on any atom is 0.280 e. The van der Waals surface area contributed by atoms with Gasteiger partial charge >= 0.3 is 0 Å². The number of quaternary nitrogens is 1. The third-order valence-electron chi connectivity index (χ3n) is 4.97. The minimum Gasteiger partial charge on any atom is -0.322 e. The van der Waals surface area contributed by atoms with Crippen molar-refractivity contribution in [3.63, 3.8) is 0 Å². The number of nitrogens with zero attached hydrogens (tertiary/aromatic N) is 2. The highest BCUT2D eigenvalue weighted by molar-refractivity contribution is 5.93. The second-order valence-electron chi connectivity index (χ2n) is 7.84. The van der Waals surface area contributed by atoms with Crippen LogP contribution in [0.1, 0.15) is 23.7 Å². The number of likely N-dealkylation sites (N-methyl/N-ethyl adjacent to an activating group) is 1. The summed E-state index contributed by atoms with van der Waals surface area (Å²) in [7, 11) is 1.83. The molecule has 2 amide bonds. The first-order valence-corrected chi connectivity index (χ1v) is 10.5. The zero-order chi connectivity index (χ0) is 22.4. The highest BCUT2D eigenvalue weighted by Gasteiger charge is 2.17. The largest absolute Gasteiger partial charge is 0.322 e. The lowest BCUT2D eigenvalue weighted by Crippen LogP contribution is -3.11. The van der Waals surface area contributed by atoms with Gasteiger partial charge in [0.1, 0.15) is 5.82 Å². The van der Waals surface area contributed by atoms with Crippen LogP contribution in [-0.2, 0) is 16.0 Å². The number of para-hydroxylation sites is 1. The average Bonchev–Trinajstić information content (AvgIpc) is 3.08. The second kappa shape index (κ2) is 10.0. The van der Waals surface area contributed by atoms with Crippen LogP contribution in [0.3, 0.4) is 0 Å². The highest BCUT2D eigenvalue weighted by atomic mass is 16.2. The SMILES string of the molecule is CCc1ccccc1NC(=O)C[NH+](C)CC(=O)Nc1cc(C)nn1-c1ccc(C)cc1. The lowest BCUT2D eigenvalue weighted by molar-refractivity contribution is -0.862. The van der Waals surface area contributed by atoms with E-state index in [0.717, 1.165) is 39.5 Å². The zero-order valence-corrected chi connectivity index (χ0v) is 18.5. The first kappa shape index (κ1) is 22.2. The Labute approximate surface area is 183 Å². The Kier molecular flexibility index (Phi) is 7.20. The van der Waals surface area contributed by atoms with Gasteiger partial charge in [-0.2, -0.15) is 5.10 Å². The van der Waals surface area contributed by atoms with Gasteiger partial charge in [0.25, 0.3) is 11.8 Å². The number of carbonyl (C=O) groups excluding carboxylic acids is 2. The van der Waals surface area contributed by atoms with Gasteiger partial charge in [-0.1, -0.05) is 42.8 Å². The second-order valence-corrected chi connectivity index (χ2v) is 7.84. The Hall–Kier alpha value is -3.45. The molecule has 1 aromatic heterocycles. The average molecular weight is 421 g/mol. The normalized spacial score (nSPS) is 11.7. The predicted octanol–water partition coefficient (Wildman–Crippen LogP) is 2.14. The third kappa shape index (κ3) is 6.02. The molecule has 3 N–H and O–H groups in total. The molecule has 0 aliphatic heterocycles. The first-order valence-electron chi connectivity index (χ1n) is 10.5. The Morgan fingerprint density at radius 3 is 2.29 bits per heavy atom. The number of hydrogen-bond donors (Lipinski definition) is 3. The molecule has 3 rings (SSSR count). The topological polar surface area (TPSA) is 80.5 Å². The maximum absolute atomic E-state index is 12.6. The Bertz CT molecular complexity index is 1060. The third-order valence-corrected chi connectivity index (χ3v) is 4.97. The van der Waals surface area contributed by atoms with Gasteiger partial charge in [0, 0.05) is 11.8 Å². The van der Waals surface area contributed by atoms with Crippen molar-refractivity contribution < 1.29 is 14.5 Å². The van der Waals surface area contributed by atoms with E-state index in [9.17, 15) is 9.59 Å². The van der Waals surface area contributed by atoms with Gasteiger partial charge in [-0.15, -0.1) is 0 Å². The summed E-state index contributed by atoms with van der Waals surface area (Å²) in [6.07, 6.45) is 0.843. The van der Waals surface area contributed by atoms with E-state index in [2.05, 4.69) is 22.7 Å². The van der Waals surface area contributed by atoms with Crippen LogP contribution in [0.25, 0.3) is 5.69 Å². The van der Waals surface area contributed by atoms with Gasteiger partial charge in [-0.05, 0) is 44.0 Å². The molecule has 7 nitrogen and oxygen atoms in total. The molecule has 1 atom stereocenters. The van der Waals surface area contributed by atoms with E-state index < -0.39 is 0 Å². The standard InChI is InChI=1S/C24H29N5O2/c1-5-19-8-6-7-9-21(19)25-23(30)15-28(4)16-24(31)26-22-14-18(3)27-29(22)20-12-10-17(2)11-13-20/h6-14H,5,15-16H2,1-4H3,(H,25,30)(H,26,31)/p+1. The van der Waals surface area contributed by atoms with Crippen LogP contribution >= 0.6 is 0 Å². The van der Waals surface area contributed by atoms with Crippen LogP contribution in [0.2, 0.25) is 0 Å². The molecule has 1 heterocycles. The summed E-state index contributed by atoms with van der Waals surface area (Å²) in [4.78, 5) is 25.8. The summed E-state index contributed by atoms with van der Waals surface area (Å²) in [5, 5.41) is 10.4. The molecular formula is C24H30N5O2+. The molecule has 2 aromatic carbocycles. The van der Waals surface area contributed by atoms with Crippen molar-refractivity contribution in [2.45, 2.75) is 27.2 Å². The van der Waals surface area contributed by atoms with Crippen molar-refractivity contribution in [1.29, 1.82) is 0 Å². The zero-order valence-electron chi connectivity index (χ0n) is 18.5. The Morgan fingerprint density at radius 1 is 0.968 bits per heavy atom. The van der Waals surface area contributed by atoms with E-state index in [4.69, 9.17) is 0 Å².